The minimum Gasteiger partial charge on any atom is -0.497 e. The van der Waals surface area contributed by atoms with E-state index in [0.29, 0.717) is 15.8 Å². The fourth-order valence-electron chi connectivity index (χ4n) is 3.97. The first kappa shape index (κ1) is 21.9. The maximum Gasteiger partial charge on any atom is 0.266 e. The second kappa shape index (κ2) is 9.51. The first-order chi connectivity index (χ1) is 16.1. The summed E-state index contributed by atoms with van der Waals surface area (Å²) < 4.78 is 13.4. The van der Waals surface area contributed by atoms with Gasteiger partial charge in [-0.2, -0.15) is 5.10 Å². The number of ether oxygens (including phenoxy) is 2. The minimum absolute atomic E-state index is 0.0579. The summed E-state index contributed by atoms with van der Waals surface area (Å²) in [5, 5.41) is 4.84. The molecule has 0 radical (unpaired) electrons. The van der Waals surface area contributed by atoms with Gasteiger partial charge in [-0.05, 0) is 55.3 Å². The summed E-state index contributed by atoms with van der Waals surface area (Å²) in [7, 11) is 1.64. The van der Waals surface area contributed by atoms with Crippen molar-refractivity contribution < 1.29 is 14.3 Å². The Labute approximate surface area is 202 Å². The average Bonchev–Trinajstić information content (AvgIpc) is 3.57. The highest BCUT2D eigenvalue weighted by Gasteiger charge is 2.35. The van der Waals surface area contributed by atoms with Crippen LogP contribution < -0.4 is 4.74 Å². The zero-order valence-corrected chi connectivity index (χ0v) is 19.8. The average molecular weight is 478 g/mol. The molecule has 2 aliphatic rings. The third kappa shape index (κ3) is 4.59. The number of benzene rings is 2. The fourth-order valence-corrected chi connectivity index (χ4v) is 5.24. The van der Waals surface area contributed by atoms with Crippen LogP contribution >= 0.6 is 24.0 Å². The smallest absolute Gasteiger partial charge is 0.266 e. The lowest BCUT2D eigenvalue weighted by Crippen LogP contribution is -2.35. The molecule has 0 aliphatic carbocycles. The lowest BCUT2D eigenvalue weighted by molar-refractivity contribution is -0.123. The molecule has 8 heteroatoms. The Hall–Kier alpha value is -2.94. The molecule has 0 unspecified atom stereocenters. The van der Waals surface area contributed by atoms with Crippen LogP contribution in [0.2, 0.25) is 0 Å². The standard InChI is InChI=1S/C25H23N3O3S2/c1-30-20-11-9-17(10-12-20)23-18(15-28(26-23)19-6-3-2-4-7-19)14-22-24(29)27(25(32)33-22)16-21-8-5-13-31-21/h2-4,6-7,9-12,14-15,21H,5,8,13,16H2,1H3/b22-14+/t21-/m0/s1. The van der Waals surface area contributed by atoms with Gasteiger partial charge in [0.25, 0.3) is 5.91 Å². The highest BCUT2D eigenvalue weighted by atomic mass is 32.2. The van der Waals surface area contributed by atoms with Crippen LogP contribution in [0.25, 0.3) is 23.0 Å². The Morgan fingerprint density at radius 3 is 2.70 bits per heavy atom. The largest absolute Gasteiger partial charge is 0.497 e. The number of carbonyl (C=O) groups is 1. The van der Waals surface area contributed by atoms with Crippen LogP contribution in [0.3, 0.4) is 0 Å². The Kier molecular flexibility index (Phi) is 6.30. The third-order valence-corrected chi connectivity index (χ3v) is 7.07. The zero-order valence-electron chi connectivity index (χ0n) is 18.1. The van der Waals surface area contributed by atoms with Gasteiger partial charge in [0, 0.05) is 23.9 Å². The van der Waals surface area contributed by atoms with Crippen molar-refractivity contribution in [1.82, 2.24) is 14.7 Å². The number of nitrogens with zero attached hydrogens (tertiary/aromatic N) is 3. The number of methoxy groups -OCH3 is 1. The maximum atomic E-state index is 13.2. The van der Waals surface area contributed by atoms with Crippen molar-refractivity contribution in [2.24, 2.45) is 0 Å². The molecule has 2 aromatic carbocycles. The number of hydrogen-bond acceptors (Lipinski definition) is 6. The van der Waals surface area contributed by atoms with Crippen LogP contribution in [-0.2, 0) is 9.53 Å². The second-order valence-corrected chi connectivity index (χ2v) is 9.54. The molecule has 2 fully saturated rings. The van der Waals surface area contributed by atoms with E-state index in [9.17, 15) is 4.79 Å². The maximum absolute atomic E-state index is 13.2. The summed E-state index contributed by atoms with van der Waals surface area (Å²) in [6, 6.07) is 17.7. The van der Waals surface area contributed by atoms with Crippen LogP contribution in [0.4, 0.5) is 0 Å². The number of rotatable bonds is 6. The molecular formula is C25H23N3O3S2. The molecule has 0 N–H and O–H groups in total. The number of thioether (sulfide) groups is 1. The molecule has 0 spiro atoms. The molecule has 1 atom stereocenters. The normalized spacial score (nSPS) is 19.6. The molecule has 2 saturated heterocycles. The summed E-state index contributed by atoms with van der Waals surface area (Å²) in [5.41, 5.74) is 3.51. The minimum atomic E-state index is -0.0753. The van der Waals surface area contributed by atoms with E-state index >= 15 is 0 Å². The number of aromatic nitrogens is 2. The molecule has 1 amide bonds. The summed E-state index contributed by atoms with van der Waals surface area (Å²) in [4.78, 5) is 15.4. The number of hydrogen-bond donors (Lipinski definition) is 0. The zero-order chi connectivity index (χ0) is 22.8. The molecule has 33 heavy (non-hydrogen) atoms. The van der Waals surface area contributed by atoms with E-state index in [2.05, 4.69) is 0 Å². The summed E-state index contributed by atoms with van der Waals surface area (Å²) in [5.74, 6) is 0.700. The highest BCUT2D eigenvalue weighted by molar-refractivity contribution is 8.26. The molecule has 168 valence electrons. The van der Waals surface area contributed by atoms with E-state index in [1.165, 1.54) is 11.8 Å². The van der Waals surface area contributed by atoms with Crippen molar-refractivity contribution >= 4 is 40.3 Å². The van der Waals surface area contributed by atoms with Gasteiger partial charge in [-0.3, -0.25) is 9.69 Å². The molecule has 3 heterocycles. The summed E-state index contributed by atoms with van der Waals surface area (Å²) in [6.07, 6.45) is 5.88. The molecule has 6 nitrogen and oxygen atoms in total. The van der Waals surface area contributed by atoms with Crippen LogP contribution in [-0.4, -0.2) is 51.3 Å². The van der Waals surface area contributed by atoms with E-state index in [-0.39, 0.29) is 12.0 Å². The number of para-hydroxylation sites is 1. The number of thiocarbonyl (C=S) groups is 1. The second-order valence-electron chi connectivity index (χ2n) is 7.87. The van der Waals surface area contributed by atoms with Crippen molar-refractivity contribution in [3.8, 4) is 22.7 Å². The first-order valence-corrected chi connectivity index (χ1v) is 12.0. The van der Waals surface area contributed by atoms with Gasteiger partial charge in [-0.25, -0.2) is 4.68 Å². The molecular weight excluding hydrogens is 454 g/mol. The molecule has 1 aromatic heterocycles. The van der Waals surface area contributed by atoms with Crippen LogP contribution in [0.5, 0.6) is 5.75 Å². The van der Waals surface area contributed by atoms with E-state index in [0.717, 1.165) is 47.7 Å². The van der Waals surface area contributed by atoms with Gasteiger partial charge < -0.3 is 9.47 Å². The number of carbonyl (C=O) groups excluding carboxylic acids is 1. The molecule has 3 aromatic rings. The van der Waals surface area contributed by atoms with Gasteiger partial charge in [0.1, 0.15) is 10.1 Å². The fraction of sp³-hybridized carbons (Fsp3) is 0.240. The quantitative estimate of drug-likeness (QED) is 0.371. The third-order valence-electron chi connectivity index (χ3n) is 5.70. The van der Waals surface area contributed by atoms with Crippen molar-refractivity contribution in [1.29, 1.82) is 0 Å². The van der Waals surface area contributed by atoms with E-state index < -0.39 is 0 Å². The van der Waals surface area contributed by atoms with Gasteiger partial charge in [-0.15, -0.1) is 0 Å². The van der Waals surface area contributed by atoms with Crippen molar-refractivity contribution in [2.45, 2.75) is 18.9 Å². The number of amides is 1. The van der Waals surface area contributed by atoms with Gasteiger partial charge in [0.15, 0.2) is 0 Å². The lowest BCUT2D eigenvalue weighted by atomic mass is 10.1. The summed E-state index contributed by atoms with van der Waals surface area (Å²) >= 11 is 6.85. The highest BCUT2D eigenvalue weighted by Crippen LogP contribution is 2.35. The molecule has 5 rings (SSSR count). The topological polar surface area (TPSA) is 56.6 Å². The van der Waals surface area contributed by atoms with Crippen LogP contribution in [0, 0.1) is 0 Å². The van der Waals surface area contributed by atoms with Gasteiger partial charge in [0.05, 0.1) is 36.0 Å². The van der Waals surface area contributed by atoms with Crippen LogP contribution in [0.1, 0.15) is 18.4 Å². The van der Waals surface area contributed by atoms with Gasteiger partial charge in [-0.1, -0.05) is 42.2 Å². The van der Waals surface area contributed by atoms with Crippen molar-refractivity contribution in [2.75, 3.05) is 20.3 Å². The SMILES string of the molecule is COc1ccc(-c2nn(-c3ccccc3)cc2/C=C2/SC(=S)N(C[C@@H]3CCCO3)C2=O)cc1. The van der Waals surface area contributed by atoms with E-state index in [1.807, 2.05) is 71.6 Å². The molecule has 0 saturated carbocycles. The van der Waals surface area contributed by atoms with Crippen molar-refractivity contribution in [3.05, 3.63) is 71.3 Å². The Balaban J connectivity index is 1.50. The van der Waals surface area contributed by atoms with E-state index in [1.54, 1.807) is 12.0 Å². The monoisotopic (exact) mass is 477 g/mol. The first-order valence-electron chi connectivity index (χ1n) is 10.8. The van der Waals surface area contributed by atoms with Crippen molar-refractivity contribution in [3.63, 3.8) is 0 Å². The Morgan fingerprint density at radius 2 is 2.00 bits per heavy atom. The van der Waals surface area contributed by atoms with Gasteiger partial charge in [0.2, 0.25) is 0 Å². The Bertz CT molecular complexity index is 1200. The van der Waals surface area contributed by atoms with E-state index in [4.69, 9.17) is 26.8 Å². The predicted octanol–water partition coefficient (Wildman–Crippen LogP) is 4.93. The lowest BCUT2D eigenvalue weighted by Gasteiger charge is -2.18. The summed E-state index contributed by atoms with van der Waals surface area (Å²) in [6.45, 7) is 1.26. The molecule has 2 aliphatic heterocycles. The van der Waals surface area contributed by atoms with Gasteiger partial charge >= 0.3 is 0 Å². The predicted molar refractivity (Wildman–Crippen MR) is 134 cm³/mol. The van der Waals surface area contributed by atoms with Crippen LogP contribution in [0.15, 0.2) is 65.7 Å². The molecule has 0 bridgehead atoms. The Morgan fingerprint density at radius 1 is 1.21 bits per heavy atom.